The summed E-state index contributed by atoms with van der Waals surface area (Å²) >= 11 is 0. The first kappa shape index (κ1) is 19.7. The molecule has 0 radical (unpaired) electrons. The number of carbonyl (C=O) groups is 1. The number of nitrogens with one attached hydrogen (secondary N) is 2. The highest BCUT2D eigenvalue weighted by atomic mass is 16.5. The van der Waals surface area contributed by atoms with Gasteiger partial charge >= 0.3 is 0 Å². The van der Waals surface area contributed by atoms with Crippen molar-refractivity contribution in [1.29, 1.82) is 0 Å². The predicted octanol–water partition coefficient (Wildman–Crippen LogP) is 2.08. The standard InChI is InChI=1S/C21H25N3O4/c1-14-18(15(2)28-23-14)13-27-17-9-7-16(8-10-17)21(25)22-12-19(24(3)4)20-6-5-11-26-20/h5-11,19H,12-13H2,1-4H3,(H,22,25)/p+1/t19-/m1/s1. The van der Waals surface area contributed by atoms with Gasteiger partial charge in [0.05, 0.1) is 38.2 Å². The highest BCUT2D eigenvalue weighted by Gasteiger charge is 2.21. The minimum absolute atomic E-state index is 0.0524. The lowest BCUT2D eigenvalue weighted by Gasteiger charge is -2.19. The van der Waals surface area contributed by atoms with Gasteiger partial charge < -0.3 is 23.9 Å². The van der Waals surface area contributed by atoms with E-state index >= 15 is 0 Å². The summed E-state index contributed by atoms with van der Waals surface area (Å²) in [7, 11) is 4.06. The molecule has 3 aromatic rings. The molecule has 7 nitrogen and oxygen atoms in total. The Balaban J connectivity index is 1.56. The minimum atomic E-state index is -0.130. The molecule has 7 heteroatoms. The quantitative estimate of drug-likeness (QED) is 0.621. The van der Waals surface area contributed by atoms with Gasteiger partial charge in [0.15, 0.2) is 11.8 Å². The average Bonchev–Trinajstić information content (AvgIpc) is 3.31. The topological polar surface area (TPSA) is 81.9 Å². The number of hydrogen-bond acceptors (Lipinski definition) is 5. The van der Waals surface area contributed by atoms with Gasteiger partial charge in [0.25, 0.3) is 5.91 Å². The van der Waals surface area contributed by atoms with Gasteiger partial charge in [-0.2, -0.15) is 0 Å². The summed E-state index contributed by atoms with van der Waals surface area (Å²) in [6.07, 6.45) is 1.65. The van der Waals surface area contributed by atoms with Gasteiger partial charge in [-0.1, -0.05) is 5.16 Å². The molecule has 1 atom stereocenters. The van der Waals surface area contributed by atoms with Crippen LogP contribution in [-0.4, -0.2) is 31.7 Å². The van der Waals surface area contributed by atoms with Crippen molar-refractivity contribution in [3.63, 3.8) is 0 Å². The Labute approximate surface area is 164 Å². The number of aryl methyl sites for hydroxylation is 2. The number of furan rings is 1. The van der Waals surface area contributed by atoms with E-state index < -0.39 is 0 Å². The Morgan fingerprint density at radius 2 is 1.96 bits per heavy atom. The lowest BCUT2D eigenvalue weighted by atomic mass is 10.1. The first-order chi connectivity index (χ1) is 13.5. The number of hydrogen-bond donors (Lipinski definition) is 2. The van der Waals surface area contributed by atoms with E-state index in [9.17, 15) is 4.79 Å². The molecule has 3 rings (SSSR count). The zero-order valence-corrected chi connectivity index (χ0v) is 16.6. The highest BCUT2D eigenvalue weighted by molar-refractivity contribution is 5.94. The van der Waals surface area contributed by atoms with E-state index in [1.165, 1.54) is 4.90 Å². The van der Waals surface area contributed by atoms with Gasteiger partial charge in [0.2, 0.25) is 0 Å². The van der Waals surface area contributed by atoms with Gasteiger partial charge in [0.1, 0.15) is 18.1 Å². The Bertz CT molecular complexity index is 879. The first-order valence-electron chi connectivity index (χ1n) is 9.22. The number of quaternary nitrogens is 1. The van der Waals surface area contributed by atoms with Crippen molar-refractivity contribution >= 4 is 5.91 Å². The number of nitrogens with zero attached hydrogens (tertiary/aromatic N) is 1. The summed E-state index contributed by atoms with van der Waals surface area (Å²) in [5.74, 6) is 2.16. The zero-order chi connectivity index (χ0) is 20.1. The molecule has 2 aromatic heterocycles. The molecule has 2 N–H and O–H groups in total. The number of likely N-dealkylation sites (N-methyl/N-ethyl adjacent to an activating group) is 1. The molecule has 28 heavy (non-hydrogen) atoms. The fourth-order valence-corrected chi connectivity index (χ4v) is 2.94. The van der Waals surface area contributed by atoms with E-state index in [1.807, 2.05) is 40.1 Å². The second kappa shape index (κ2) is 8.75. The van der Waals surface area contributed by atoms with Gasteiger partial charge in [-0.05, 0) is 50.2 Å². The molecule has 0 bridgehead atoms. The molecular formula is C21H26N3O4+. The van der Waals surface area contributed by atoms with Crippen LogP contribution in [0.15, 0.2) is 51.6 Å². The molecule has 0 saturated carbocycles. The lowest BCUT2D eigenvalue weighted by Crippen LogP contribution is -3.07. The molecule has 0 aliphatic rings. The van der Waals surface area contributed by atoms with Crippen molar-refractivity contribution in [2.24, 2.45) is 0 Å². The predicted molar refractivity (Wildman–Crippen MR) is 103 cm³/mol. The maximum Gasteiger partial charge on any atom is 0.251 e. The van der Waals surface area contributed by atoms with E-state index in [2.05, 4.69) is 10.5 Å². The second-order valence-electron chi connectivity index (χ2n) is 6.97. The molecule has 0 saturated heterocycles. The van der Waals surface area contributed by atoms with Crippen LogP contribution in [0.4, 0.5) is 0 Å². The summed E-state index contributed by atoms with van der Waals surface area (Å²) in [6, 6.07) is 10.9. The van der Waals surface area contributed by atoms with Crippen molar-refractivity contribution in [1.82, 2.24) is 10.5 Å². The van der Waals surface area contributed by atoms with Crippen molar-refractivity contribution < 1.29 is 23.4 Å². The number of aromatic nitrogens is 1. The monoisotopic (exact) mass is 384 g/mol. The smallest absolute Gasteiger partial charge is 0.251 e. The number of carbonyl (C=O) groups excluding carboxylic acids is 1. The van der Waals surface area contributed by atoms with E-state index in [0.29, 0.717) is 24.5 Å². The van der Waals surface area contributed by atoms with Gasteiger partial charge in [-0.3, -0.25) is 4.79 Å². The van der Waals surface area contributed by atoms with Crippen LogP contribution in [-0.2, 0) is 6.61 Å². The Kier molecular flexibility index (Phi) is 6.16. The van der Waals surface area contributed by atoms with Crippen molar-refractivity contribution in [3.8, 4) is 5.75 Å². The number of amides is 1. The summed E-state index contributed by atoms with van der Waals surface area (Å²) in [5.41, 5.74) is 2.34. The largest absolute Gasteiger partial charge is 0.489 e. The maximum absolute atomic E-state index is 12.5. The van der Waals surface area contributed by atoms with E-state index in [1.54, 1.807) is 30.5 Å². The first-order valence-corrected chi connectivity index (χ1v) is 9.22. The third-order valence-electron chi connectivity index (χ3n) is 4.73. The lowest BCUT2D eigenvalue weighted by molar-refractivity contribution is -0.891. The highest BCUT2D eigenvalue weighted by Crippen LogP contribution is 2.18. The molecule has 148 valence electrons. The SMILES string of the molecule is Cc1noc(C)c1COc1ccc(C(=O)NC[C@H](c2ccco2)[NH+](C)C)cc1. The van der Waals surface area contributed by atoms with Gasteiger partial charge in [0, 0.05) is 5.56 Å². The van der Waals surface area contributed by atoms with E-state index in [4.69, 9.17) is 13.7 Å². The van der Waals surface area contributed by atoms with Crippen LogP contribution in [0.5, 0.6) is 5.75 Å². The van der Waals surface area contributed by atoms with Crippen molar-refractivity contribution in [3.05, 3.63) is 71.0 Å². The Morgan fingerprint density at radius 3 is 2.54 bits per heavy atom. The number of ether oxygens (including phenoxy) is 1. The van der Waals surface area contributed by atoms with Crippen LogP contribution in [0.25, 0.3) is 0 Å². The molecule has 0 aliphatic carbocycles. The third kappa shape index (κ3) is 4.61. The number of rotatable bonds is 8. The Morgan fingerprint density at radius 1 is 1.21 bits per heavy atom. The molecule has 1 amide bonds. The van der Waals surface area contributed by atoms with Gasteiger partial charge in [-0.15, -0.1) is 0 Å². The fourth-order valence-electron chi connectivity index (χ4n) is 2.94. The van der Waals surface area contributed by atoms with E-state index in [0.717, 1.165) is 22.8 Å². The van der Waals surface area contributed by atoms with Crippen LogP contribution < -0.4 is 15.0 Å². The van der Waals surface area contributed by atoms with Crippen LogP contribution in [0.3, 0.4) is 0 Å². The molecule has 2 heterocycles. The zero-order valence-electron chi connectivity index (χ0n) is 16.6. The van der Waals surface area contributed by atoms with Gasteiger partial charge in [-0.25, -0.2) is 0 Å². The van der Waals surface area contributed by atoms with E-state index in [-0.39, 0.29) is 11.9 Å². The Hall–Kier alpha value is -3.06. The second-order valence-corrected chi connectivity index (χ2v) is 6.97. The molecule has 0 aliphatic heterocycles. The third-order valence-corrected chi connectivity index (χ3v) is 4.73. The molecule has 0 spiro atoms. The summed E-state index contributed by atoms with van der Waals surface area (Å²) in [4.78, 5) is 13.7. The summed E-state index contributed by atoms with van der Waals surface area (Å²) in [5, 5.41) is 6.89. The molecule has 1 aromatic carbocycles. The fraction of sp³-hybridized carbons (Fsp3) is 0.333. The van der Waals surface area contributed by atoms with Crippen molar-refractivity contribution in [2.75, 3.05) is 20.6 Å². The summed E-state index contributed by atoms with van der Waals surface area (Å²) < 4.78 is 16.4. The average molecular weight is 384 g/mol. The molecular weight excluding hydrogens is 358 g/mol. The summed E-state index contributed by atoms with van der Waals surface area (Å²) in [6.45, 7) is 4.60. The van der Waals surface area contributed by atoms with Crippen LogP contribution in [0.1, 0.15) is 39.2 Å². The van der Waals surface area contributed by atoms with Crippen molar-refractivity contribution in [2.45, 2.75) is 26.5 Å². The molecule has 0 fully saturated rings. The van der Waals surface area contributed by atoms with Crippen LogP contribution in [0.2, 0.25) is 0 Å². The maximum atomic E-state index is 12.5. The molecule has 0 unspecified atom stereocenters. The normalized spacial score (nSPS) is 12.2. The van der Waals surface area contributed by atoms with Crippen LogP contribution >= 0.6 is 0 Å². The number of benzene rings is 1. The van der Waals surface area contributed by atoms with Crippen LogP contribution in [0, 0.1) is 13.8 Å². The minimum Gasteiger partial charge on any atom is -0.489 e.